The van der Waals surface area contributed by atoms with Gasteiger partial charge in [0.25, 0.3) is 0 Å². The Morgan fingerprint density at radius 1 is 0.648 bits per heavy atom. The van der Waals surface area contributed by atoms with E-state index >= 15 is 0 Å². The smallest absolute Gasteiger partial charge is 0.399 e. The van der Waals surface area contributed by atoms with E-state index in [1.165, 1.54) is 77.4 Å². The van der Waals surface area contributed by atoms with Gasteiger partial charge in [0.2, 0.25) is 17.8 Å². The molecule has 1 aliphatic heterocycles. The highest BCUT2D eigenvalue weighted by atomic mass is 79.9. The number of pyridine rings is 3. The van der Waals surface area contributed by atoms with Crippen molar-refractivity contribution in [2.75, 3.05) is 11.5 Å². The zero-order chi connectivity index (χ0) is 39.4. The first kappa shape index (κ1) is 41.4. The topological polar surface area (TPSA) is 109 Å². The van der Waals surface area contributed by atoms with Crippen LogP contribution in [-0.2, 0) is 35.0 Å². The molecule has 0 spiro atoms. The molecule has 1 saturated heterocycles. The van der Waals surface area contributed by atoms with Crippen molar-refractivity contribution in [3.05, 3.63) is 127 Å². The van der Waals surface area contributed by atoms with Gasteiger partial charge < -0.3 is 20.8 Å². The minimum absolute atomic E-state index is 0.405. The third-order valence-electron chi connectivity index (χ3n) is 10.2. The minimum atomic E-state index is -0.525. The van der Waals surface area contributed by atoms with Crippen LogP contribution < -0.4 is 16.9 Å². The lowest BCUT2D eigenvalue weighted by Crippen LogP contribution is -2.41. The molecule has 1 fully saturated rings. The summed E-state index contributed by atoms with van der Waals surface area (Å²) in [5.74, 6) is -1.45. The van der Waals surface area contributed by atoms with Crippen molar-refractivity contribution in [1.82, 2.24) is 15.0 Å². The average molecular weight is 867 g/mol. The Kier molecular flexibility index (Phi) is 13.3. The van der Waals surface area contributed by atoms with Gasteiger partial charge in [0.15, 0.2) is 0 Å². The zero-order valence-electron chi connectivity index (χ0n) is 31.4. The van der Waals surface area contributed by atoms with Crippen molar-refractivity contribution in [1.29, 1.82) is 0 Å². The van der Waals surface area contributed by atoms with Crippen LogP contribution in [0.5, 0.6) is 0 Å². The fourth-order valence-electron chi connectivity index (χ4n) is 6.70. The van der Waals surface area contributed by atoms with Crippen LogP contribution in [0.15, 0.2) is 76.1 Å². The summed E-state index contributed by atoms with van der Waals surface area (Å²) in [6, 6.07) is 13.7. The van der Waals surface area contributed by atoms with Gasteiger partial charge in [0.05, 0.1) is 11.2 Å². The molecule has 4 N–H and O–H groups in total. The van der Waals surface area contributed by atoms with Crippen molar-refractivity contribution >= 4 is 55.8 Å². The fourth-order valence-corrected chi connectivity index (χ4v) is 7.36. The van der Waals surface area contributed by atoms with E-state index in [0.29, 0.717) is 9.94 Å². The van der Waals surface area contributed by atoms with Crippen molar-refractivity contribution < 1.29 is 22.5 Å². The highest BCUT2D eigenvalue weighted by molar-refractivity contribution is 9.11. The number of nitrogens with two attached hydrogens (primary N) is 2. The Morgan fingerprint density at radius 3 is 1.67 bits per heavy atom. The standard InChI is InChI=1S/C15H15FN2.C11H15BFNO2.C10H12BrN.C5H3BrFN/c1-9-7-10-3-2-4-12(10)15(17)14(9)11-5-6-18-13(16)8-11;1-10(2)11(3,4)16-12(15-10)8-5-6-14-9(13)7-8;1-6-5-7-3-2-4-8(7)10(12)9(6)11;6-4-1-2-8-5(7)3-4/h5-8H,2-4,17H2,1H3;5-7H,1-4H3;5H,2-4,12H2,1H3;1-3H. The van der Waals surface area contributed by atoms with Crippen LogP contribution in [0.1, 0.15) is 73.9 Å². The molecule has 284 valence electrons. The summed E-state index contributed by atoms with van der Waals surface area (Å²) < 4.78 is 51.6. The SMILES string of the molecule is CC1(C)OB(c2ccnc(F)c2)OC1(C)C.Cc1cc2c(c(N)c1-c1ccnc(F)c1)CCC2.Cc1cc2c(c(N)c1Br)CCC2.Fc1cc(Br)ccn1. The normalized spacial score (nSPS) is 15.9. The Hall–Kier alpha value is -3.78. The highest BCUT2D eigenvalue weighted by Gasteiger charge is 2.51. The largest absolute Gasteiger partial charge is 0.495 e. The van der Waals surface area contributed by atoms with Crippen molar-refractivity contribution in [3.8, 4) is 11.1 Å². The number of hydrogen-bond acceptors (Lipinski definition) is 7. The maximum Gasteiger partial charge on any atom is 0.495 e. The number of hydrogen-bond donors (Lipinski definition) is 2. The summed E-state index contributed by atoms with van der Waals surface area (Å²) in [7, 11) is -0.525. The van der Waals surface area contributed by atoms with Gasteiger partial charge in [-0.2, -0.15) is 13.2 Å². The summed E-state index contributed by atoms with van der Waals surface area (Å²) >= 11 is 6.59. The number of benzene rings is 2. The quantitative estimate of drug-likeness (QED) is 0.103. The number of halogens is 5. The molecule has 54 heavy (non-hydrogen) atoms. The van der Waals surface area contributed by atoms with Crippen LogP contribution in [0.25, 0.3) is 11.1 Å². The summed E-state index contributed by atoms with van der Waals surface area (Å²) in [5, 5.41) is 0. The molecule has 2 aliphatic carbocycles. The molecule has 13 heteroatoms. The van der Waals surface area contributed by atoms with E-state index in [1.54, 1.807) is 12.1 Å². The van der Waals surface area contributed by atoms with Gasteiger partial charge in [0, 0.05) is 56.6 Å². The van der Waals surface area contributed by atoms with Crippen LogP contribution in [-0.4, -0.2) is 33.3 Å². The van der Waals surface area contributed by atoms with E-state index < -0.39 is 36.2 Å². The maximum atomic E-state index is 13.2. The molecule has 2 aromatic carbocycles. The lowest BCUT2D eigenvalue weighted by molar-refractivity contribution is 0.00578. The molecule has 3 aromatic heterocycles. The van der Waals surface area contributed by atoms with Gasteiger partial charge in [-0.05, 0) is 165 Å². The third kappa shape index (κ3) is 9.71. The molecule has 7 nitrogen and oxygen atoms in total. The summed E-state index contributed by atoms with van der Waals surface area (Å²) in [4.78, 5) is 10.4. The molecule has 0 amide bonds. The first-order chi connectivity index (χ1) is 25.5. The van der Waals surface area contributed by atoms with Crippen LogP contribution in [0.2, 0.25) is 0 Å². The molecular formula is C41H45BBr2F3N5O2. The third-order valence-corrected chi connectivity index (χ3v) is 11.7. The number of nitrogen functional groups attached to an aromatic ring is 2. The minimum Gasteiger partial charge on any atom is -0.399 e. The monoisotopic (exact) mass is 865 g/mol. The fraction of sp³-hybridized carbons (Fsp3) is 0.341. The van der Waals surface area contributed by atoms with Gasteiger partial charge >= 0.3 is 7.12 Å². The first-order valence-electron chi connectivity index (χ1n) is 17.8. The predicted molar refractivity (Wildman–Crippen MR) is 218 cm³/mol. The van der Waals surface area contributed by atoms with Crippen molar-refractivity contribution in [2.45, 2.75) is 91.3 Å². The van der Waals surface area contributed by atoms with Gasteiger partial charge in [-0.1, -0.05) is 28.1 Å². The molecule has 0 atom stereocenters. The van der Waals surface area contributed by atoms with Crippen molar-refractivity contribution in [3.63, 3.8) is 0 Å². The molecule has 3 aliphatic rings. The van der Waals surface area contributed by atoms with E-state index in [2.05, 4.69) is 65.9 Å². The molecule has 0 unspecified atom stereocenters. The van der Waals surface area contributed by atoms with Crippen LogP contribution in [0.4, 0.5) is 24.5 Å². The predicted octanol–water partition coefficient (Wildman–Crippen LogP) is 9.60. The molecule has 0 saturated carbocycles. The number of fused-ring (bicyclic) bond motifs is 2. The van der Waals surface area contributed by atoms with Gasteiger partial charge in [-0.3, -0.25) is 0 Å². The molecule has 8 rings (SSSR count). The van der Waals surface area contributed by atoms with Crippen molar-refractivity contribution in [2.24, 2.45) is 0 Å². The Morgan fingerprint density at radius 2 is 1.15 bits per heavy atom. The van der Waals surface area contributed by atoms with E-state index in [9.17, 15) is 13.2 Å². The van der Waals surface area contributed by atoms with Gasteiger partial charge in [-0.15, -0.1) is 0 Å². The second kappa shape index (κ2) is 17.4. The Labute approximate surface area is 332 Å². The first-order valence-corrected chi connectivity index (χ1v) is 19.4. The molecule has 0 radical (unpaired) electrons. The Balaban J connectivity index is 0.000000144. The molecule has 4 heterocycles. The van der Waals surface area contributed by atoms with Crippen LogP contribution >= 0.6 is 31.9 Å². The average Bonchev–Trinajstić information content (AvgIpc) is 3.82. The zero-order valence-corrected chi connectivity index (χ0v) is 34.5. The van der Waals surface area contributed by atoms with E-state index in [4.69, 9.17) is 20.8 Å². The second-order valence-corrected chi connectivity index (χ2v) is 16.3. The number of anilines is 2. The Bertz CT molecular complexity index is 2100. The number of aryl methyl sites for hydroxylation is 4. The second-order valence-electron chi connectivity index (χ2n) is 14.5. The number of nitrogens with zero attached hydrogens (tertiary/aromatic N) is 3. The van der Waals surface area contributed by atoms with Crippen LogP contribution in [0, 0.1) is 31.7 Å². The molecule has 0 bridgehead atoms. The number of aromatic nitrogens is 3. The van der Waals surface area contributed by atoms with Gasteiger partial charge in [0.1, 0.15) is 0 Å². The summed E-state index contributed by atoms with van der Waals surface area (Å²) in [5.41, 5.74) is 23.4. The van der Waals surface area contributed by atoms with E-state index in [-0.39, 0.29) is 0 Å². The lowest BCUT2D eigenvalue weighted by atomic mass is 9.80. The summed E-state index contributed by atoms with van der Waals surface area (Å²) in [6.45, 7) is 12.0. The molecule has 5 aromatic rings. The van der Waals surface area contributed by atoms with Gasteiger partial charge in [-0.25, -0.2) is 15.0 Å². The lowest BCUT2D eigenvalue weighted by Gasteiger charge is -2.32. The van der Waals surface area contributed by atoms with E-state index in [0.717, 1.165) is 58.2 Å². The molecular weight excluding hydrogens is 822 g/mol. The summed E-state index contributed by atoms with van der Waals surface area (Å²) in [6.07, 6.45) is 11.2. The highest BCUT2D eigenvalue weighted by Crippen LogP contribution is 2.39. The maximum absolute atomic E-state index is 13.2. The number of rotatable bonds is 2. The van der Waals surface area contributed by atoms with Crippen LogP contribution in [0.3, 0.4) is 0 Å². The van der Waals surface area contributed by atoms with E-state index in [1.807, 2.05) is 40.7 Å².